The van der Waals surface area contributed by atoms with Gasteiger partial charge in [0, 0.05) is 18.7 Å². The molecule has 0 aliphatic rings. The molecule has 26 heavy (non-hydrogen) atoms. The minimum absolute atomic E-state index is 0.0273. The van der Waals surface area contributed by atoms with Crippen LogP contribution < -0.4 is 4.74 Å². The van der Waals surface area contributed by atoms with Crippen LogP contribution in [0, 0.1) is 0 Å². The second kappa shape index (κ2) is 7.87. The number of ether oxygens (including phenoxy) is 1. The van der Waals surface area contributed by atoms with Gasteiger partial charge in [0.05, 0.1) is 18.5 Å². The molecule has 134 valence electrons. The van der Waals surface area contributed by atoms with Gasteiger partial charge in [-0.2, -0.15) is 5.10 Å². The van der Waals surface area contributed by atoms with Crippen LogP contribution in [0.2, 0.25) is 0 Å². The smallest absolute Gasteiger partial charge is 0.272 e. The maximum atomic E-state index is 13.0. The fourth-order valence-corrected chi connectivity index (χ4v) is 2.90. The summed E-state index contributed by atoms with van der Waals surface area (Å²) >= 11 is 0. The van der Waals surface area contributed by atoms with Crippen molar-refractivity contribution in [3.8, 4) is 22.7 Å². The SMILES string of the molecule is CCN(CC)C(=O)c1cc(-c2cccc(OC)c2)nn1-c1ccccc1. The van der Waals surface area contributed by atoms with Crippen LogP contribution in [-0.4, -0.2) is 40.8 Å². The number of methoxy groups -OCH3 is 1. The number of hydrogen-bond donors (Lipinski definition) is 0. The second-order valence-corrected chi connectivity index (χ2v) is 5.87. The van der Waals surface area contributed by atoms with Crippen molar-refractivity contribution in [1.82, 2.24) is 14.7 Å². The van der Waals surface area contributed by atoms with Crippen LogP contribution in [0.3, 0.4) is 0 Å². The van der Waals surface area contributed by atoms with Gasteiger partial charge in [-0.25, -0.2) is 4.68 Å². The van der Waals surface area contributed by atoms with Crippen molar-refractivity contribution in [2.75, 3.05) is 20.2 Å². The molecule has 5 nitrogen and oxygen atoms in total. The molecule has 5 heteroatoms. The predicted octanol–water partition coefficient (Wildman–Crippen LogP) is 4.03. The Morgan fingerprint density at radius 3 is 2.42 bits per heavy atom. The van der Waals surface area contributed by atoms with Crippen LogP contribution in [0.4, 0.5) is 0 Å². The zero-order valence-corrected chi connectivity index (χ0v) is 15.3. The highest BCUT2D eigenvalue weighted by molar-refractivity contribution is 5.94. The predicted molar refractivity (Wildman–Crippen MR) is 103 cm³/mol. The van der Waals surface area contributed by atoms with Crippen molar-refractivity contribution in [3.63, 3.8) is 0 Å². The van der Waals surface area contributed by atoms with Gasteiger partial charge in [-0.1, -0.05) is 30.3 Å². The fraction of sp³-hybridized carbons (Fsp3) is 0.238. The van der Waals surface area contributed by atoms with E-state index in [9.17, 15) is 4.79 Å². The lowest BCUT2D eigenvalue weighted by Crippen LogP contribution is -2.32. The van der Waals surface area contributed by atoms with E-state index in [-0.39, 0.29) is 5.91 Å². The maximum Gasteiger partial charge on any atom is 0.272 e. The maximum absolute atomic E-state index is 13.0. The molecular weight excluding hydrogens is 326 g/mol. The number of carbonyl (C=O) groups excluding carboxylic acids is 1. The van der Waals surface area contributed by atoms with Crippen molar-refractivity contribution >= 4 is 5.91 Å². The van der Waals surface area contributed by atoms with E-state index >= 15 is 0 Å². The van der Waals surface area contributed by atoms with Crippen molar-refractivity contribution in [2.24, 2.45) is 0 Å². The zero-order valence-electron chi connectivity index (χ0n) is 15.3. The highest BCUT2D eigenvalue weighted by atomic mass is 16.5. The summed E-state index contributed by atoms with van der Waals surface area (Å²) in [7, 11) is 1.64. The van der Waals surface area contributed by atoms with E-state index in [4.69, 9.17) is 9.84 Å². The number of para-hydroxylation sites is 1. The molecule has 2 aromatic carbocycles. The molecule has 0 saturated heterocycles. The van der Waals surface area contributed by atoms with E-state index in [1.54, 1.807) is 16.7 Å². The summed E-state index contributed by atoms with van der Waals surface area (Å²) in [5.41, 5.74) is 3.06. The lowest BCUT2D eigenvalue weighted by molar-refractivity contribution is 0.0764. The zero-order chi connectivity index (χ0) is 18.5. The average molecular weight is 349 g/mol. The van der Waals surface area contributed by atoms with Crippen molar-refractivity contribution in [1.29, 1.82) is 0 Å². The highest BCUT2D eigenvalue weighted by Gasteiger charge is 2.21. The number of rotatable bonds is 6. The summed E-state index contributed by atoms with van der Waals surface area (Å²) in [6.07, 6.45) is 0. The Labute approximate surface area is 153 Å². The van der Waals surface area contributed by atoms with Gasteiger partial charge < -0.3 is 9.64 Å². The number of aromatic nitrogens is 2. The summed E-state index contributed by atoms with van der Waals surface area (Å²) in [5, 5.41) is 4.71. The molecule has 0 fully saturated rings. The van der Waals surface area contributed by atoms with Gasteiger partial charge in [0.1, 0.15) is 11.4 Å². The van der Waals surface area contributed by atoms with Crippen molar-refractivity contribution < 1.29 is 9.53 Å². The van der Waals surface area contributed by atoms with Gasteiger partial charge in [0.25, 0.3) is 5.91 Å². The molecule has 0 saturated carbocycles. The molecule has 0 spiro atoms. The Balaban J connectivity index is 2.12. The van der Waals surface area contributed by atoms with E-state index in [1.165, 1.54) is 0 Å². The van der Waals surface area contributed by atoms with E-state index in [0.29, 0.717) is 18.8 Å². The summed E-state index contributed by atoms with van der Waals surface area (Å²) in [6.45, 7) is 5.27. The molecule has 0 radical (unpaired) electrons. The first-order valence-electron chi connectivity index (χ1n) is 8.77. The van der Waals surface area contributed by atoms with Crippen LogP contribution in [-0.2, 0) is 0 Å². The van der Waals surface area contributed by atoms with Crippen LogP contribution >= 0.6 is 0 Å². The average Bonchev–Trinajstić information content (AvgIpc) is 3.15. The first kappa shape index (κ1) is 17.7. The Bertz CT molecular complexity index is 883. The number of hydrogen-bond acceptors (Lipinski definition) is 3. The molecule has 0 bridgehead atoms. The van der Waals surface area contributed by atoms with Gasteiger partial charge in [0.15, 0.2) is 0 Å². The number of amides is 1. The van der Waals surface area contributed by atoms with Crippen LogP contribution in [0.1, 0.15) is 24.3 Å². The molecule has 3 rings (SSSR count). The Kier molecular flexibility index (Phi) is 5.37. The second-order valence-electron chi connectivity index (χ2n) is 5.87. The van der Waals surface area contributed by atoms with Crippen LogP contribution in [0.5, 0.6) is 5.75 Å². The van der Waals surface area contributed by atoms with Crippen LogP contribution in [0.15, 0.2) is 60.7 Å². The molecule has 0 N–H and O–H groups in total. The fourth-order valence-electron chi connectivity index (χ4n) is 2.90. The lowest BCUT2D eigenvalue weighted by Gasteiger charge is -2.19. The third kappa shape index (κ3) is 3.47. The molecular formula is C21H23N3O2. The summed E-state index contributed by atoms with van der Waals surface area (Å²) in [4.78, 5) is 14.8. The van der Waals surface area contributed by atoms with Crippen molar-refractivity contribution in [2.45, 2.75) is 13.8 Å². The molecule has 0 aliphatic heterocycles. The molecule has 3 aromatic rings. The topological polar surface area (TPSA) is 47.4 Å². The molecule has 1 amide bonds. The third-order valence-electron chi connectivity index (χ3n) is 4.35. The monoisotopic (exact) mass is 349 g/mol. The van der Waals surface area contributed by atoms with Gasteiger partial charge in [-0.05, 0) is 44.2 Å². The molecule has 0 unspecified atom stereocenters. The first-order chi connectivity index (χ1) is 12.7. The lowest BCUT2D eigenvalue weighted by atomic mass is 10.1. The number of carbonyl (C=O) groups is 1. The standard InChI is InChI=1S/C21H23N3O2/c1-4-23(5-2)21(25)20-15-19(16-10-9-13-18(14-16)26-3)22-24(20)17-11-7-6-8-12-17/h6-15H,4-5H2,1-3H3. The minimum Gasteiger partial charge on any atom is -0.497 e. The third-order valence-corrected chi connectivity index (χ3v) is 4.35. The van der Waals surface area contributed by atoms with Crippen LogP contribution in [0.25, 0.3) is 16.9 Å². The summed E-state index contributed by atoms with van der Waals surface area (Å²) in [5.74, 6) is 0.730. The van der Waals surface area contributed by atoms with E-state index in [2.05, 4.69) is 0 Å². The van der Waals surface area contributed by atoms with Gasteiger partial charge in [-0.3, -0.25) is 4.79 Å². The summed E-state index contributed by atoms with van der Waals surface area (Å²) < 4.78 is 7.03. The first-order valence-corrected chi connectivity index (χ1v) is 8.77. The minimum atomic E-state index is -0.0273. The molecule has 0 atom stereocenters. The Hall–Kier alpha value is -3.08. The molecule has 0 aliphatic carbocycles. The molecule has 1 heterocycles. The number of nitrogens with zero attached hydrogens (tertiary/aromatic N) is 3. The van der Waals surface area contributed by atoms with E-state index in [1.807, 2.05) is 74.5 Å². The van der Waals surface area contributed by atoms with Crippen molar-refractivity contribution in [3.05, 3.63) is 66.4 Å². The largest absolute Gasteiger partial charge is 0.497 e. The van der Waals surface area contributed by atoms with Gasteiger partial charge in [-0.15, -0.1) is 0 Å². The van der Waals surface area contributed by atoms with Gasteiger partial charge in [0.2, 0.25) is 0 Å². The molecule has 1 aromatic heterocycles. The normalized spacial score (nSPS) is 10.6. The Morgan fingerprint density at radius 2 is 1.77 bits per heavy atom. The Morgan fingerprint density at radius 1 is 1.04 bits per heavy atom. The number of benzene rings is 2. The summed E-state index contributed by atoms with van der Waals surface area (Å²) in [6, 6.07) is 19.3. The highest BCUT2D eigenvalue weighted by Crippen LogP contribution is 2.25. The van der Waals surface area contributed by atoms with E-state index < -0.39 is 0 Å². The van der Waals surface area contributed by atoms with Gasteiger partial charge >= 0.3 is 0 Å². The quantitative estimate of drug-likeness (QED) is 0.675. The van der Waals surface area contributed by atoms with E-state index in [0.717, 1.165) is 22.7 Å².